The molecule has 0 spiro atoms. The first-order chi connectivity index (χ1) is 9.58. The van der Waals surface area contributed by atoms with Crippen LogP contribution < -0.4 is 5.32 Å². The van der Waals surface area contributed by atoms with E-state index in [4.69, 9.17) is 0 Å². The average molecular weight is 279 g/mol. The smallest absolute Gasteiger partial charge is 0.269 e. The van der Waals surface area contributed by atoms with Gasteiger partial charge < -0.3 is 10.2 Å². The van der Waals surface area contributed by atoms with Gasteiger partial charge in [-0.1, -0.05) is 13.8 Å². The van der Waals surface area contributed by atoms with Crippen LogP contribution >= 0.6 is 0 Å². The zero-order valence-electron chi connectivity index (χ0n) is 12.0. The van der Waals surface area contributed by atoms with Crippen molar-refractivity contribution in [3.05, 3.63) is 39.9 Å². The van der Waals surface area contributed by atoms with Gasteiger partial charge in [-0.3, -0.25) is 14.9 Å². The van der Waals surface area contributed by atoms with Crippen LogP contribution in [-0.4, -0.2) is 41.9 Å². The van der Waals surface area contributed by atoms with Crippen LogP contribution in [0.3, 0.4) is 0 Å². The van der Waals surface area contributed by atoms with Gasteiger partial charge in [-0.05, 0) is 38.2 Å². The lowest BCUT2D eigenvalue weighted by atomic mass is 10.2. The highest BCUT2D eigenvalue weighted by Gasteiger charge is 2.08. The average Bonchev–Trinajstić information content (AvgIpc) is 2.47. The first-order valence-corrected chi connectivity index (χ1v) is 6.83. The summed E-state index contributed by atoms with van der Waals surface area (Å²) >= 11 is 0. The molecule has 0 aromatic heterocycles. The quantitative estimate of drug-likeness (QED) is 0.449. The fraction of sp³-hybridized carbons (Fsp3) is 0.500. The normalized spacial score (nSPS) is 10.6. The van der Waals surface area contributed by atoms with Crippen molar-refractivity contribution < 1.29 is 9.72 Å². The van der Waals surface area contributed by atoms with Crippen LogP contribution in [0.25, 0.3) is 0 Å². The Morgan fingerprint density at radius 1 is 1.25 bits per heavy atom. The lowest BCUT2D eigenvalue weighted by molar-refractivity contribution is -0.384. The minimum Gasteiger partial charge on any atom is -0.352 e. The number of hydrogen-bond acceptors (Lipinski definition) is 4. The summed E-state index contributed by atoms with van der Waals surface area (Å²) in [6.45, 7) is 7.79. The predicted octanol–water partition coefficient (Wildman–Crippen LogP) is 2.06. The molecule has 0 aliphatic heterocycles. The van der Waals surface area contributed by atoms with Gasteiger partial charge in [-0.25, -0.2) is 0 Å². The molecule has 6 heteroatoms. The molecule has 0 fully saturated rings. The van der Waals surface area contributed by atoms with Gasteiger partial charge in [0.1, 0.15) is 0 Å². The SMILES string of the molecule is CCN(CC)CCCNC(=O)c1ccc([N+](=O)[O-])cc1. The van der Waals surface area contributed by atoms with Crippen molar-refractivity contribution in [1.29, 1.82) is 0 Å². The van der Waals surface area contributed by atoms with E-state index in [-0.39, 0.29) is 11.6 Å². The molecule has 0 aliphatic rings. The molecule has 0 radical (unpaired) electrons. The van der Waals surface area contributed by atoms with Crippen molar-refractivity contribution >= 4 is 11.6 Å². The zero-order valence-corrected chi connectivity index (χ0v) is 12.0. The number of nitrogens with zero attached hydrogens (tertiary/aromatic N) is 2. The van der Waals surface area contributed by atoms with E-state index in [1.807, 2.05) is 0 Å². The van der Waals surface area contributed by atoms with Crippen molar-refractivity contribution in [1.82, 2.24) is 10.2 Å². The van der Waals surface area contributed by atoms with Gasteiger partial charge in [-0.2, -0.15) is 0 Å². The molecule has 1 rings (SSSR count). The molecule has 0 heterocycles. The Bertz CT molecular complexity index is 441. The van der Waals surface area contributed by atoms with Gasteiger partial charge in [0.15, 0.2) is 0 Å². The Morgan fingerprint density at radius 2 is 1.85 bits per heavy atom. The maximum absolute atomic E-state index is 11.8. The second-order valence-corrected chi connectivity index (χ2v) is 4.44. The third-order valence-electron chi connectivity index (χ3n) is 3.17. The number of nitrogens with one attached hydrogen (secondary N) is 1. The molecular weight excluding hydrogens is 258 g/mol. The van der Waals surface area contributed by atoms with Crippen LogP contribution in [0.4, 0.5) is 5.69 Å². The number of benzene rings is 1. The topological polar surface area (TPSA) is 75.5 Å². The van der Waals surface area contributed by atoms with E-state index in [0.717, 1.165) is 26.1 Å². The largest absolute Gasteiger partial charge is 0.352 e. The molecule has 110 valence electrons. The van der Waals surface area contributed by atoms with E-state index in [0.29, 0.717) is 12.1 Å². The molecule has 6 nitrogen and oxygen atoms in total. The van der Waals surface area contributed by atoms with Crippen molar-refractivity contribution in [2.75, 3.05) is 26.2 Å². The van der Waals surface area contributed by atoms with E-state index >= 15 is 0 Å². The van der Waals surface area contributed by atoms with Crippen LogP contribution in [0, 0.1) is 10.1 Å². The molecule has 1 aromatic rings. The summed E-state index contributed by atoms with van der Waals surface area (Å²) in [5.41, 5.74) is 0.432. The number of nitro groups is 1. The van der Waals surface area contributed by atoms with Gasteiger partial charge in [-0.15, -0.1) is 0 Å². The fourth-order valence-electron chi connectivity index (χ4n) is 1.88. The van der Waals surface area contributed by atoms with Crippen LogP contribution in [0.15, 0.2) is 24.3 Å². The van der Waals surface area contributed by atoms with Crippen molar-refractivity contribution in [2.24, 2.45) is 0 Å². The molecular formula is C14H21N3O3. The van der Waals surface area contributed by atoms with Crippen molar-refractivity contribution in [2.45, 2.75) is 20.3 Å². The minimum absolute atomic E-state index is 0.0110. The Balaban J connectivity index is 2.37. The third-order valence-corrected chi connectivity index (χ3v) is 3.17. The molecule has 0 aliphatic carbocycles. The van der Waals surface area contributed by atoms with Crippen LogP contribution in [0.5, 0.6) is 0 Å². The summed E-state index contributed by atoms with van der Waals surface area (Å²) < 4.78 is 0. The molecule has 0 atom stereocenters. The van der Waals surface area contributed by atoms with E-state index in [2.05, 4.69) is 24.1 Å². The second kappa shape index (κ2) is 8.27. The molecule has 0 saturated heterocycles. The van der Waals surface area contributed by atoms with Gasteiger partial charge in [0.05, 0.1) is 4.92 Å². The standard InChI is InChI=1S/C14H21N3O3/c1-3-16(4-2)11-5-10-15-14(18)12-6-8-13(9-7-12)17(19)20/h6-9H,3-5,10-11H2,1-2H3,(H,15,18). The molecule has 1 amide bonds. The first kappa shape index (κ1) is 16.1. The highest BCUT2D eigenvalue weighted by atomic mass is 16.6. The summed E-state index contributed by atoms with van der Waals surface area (Å²) in [7, 11) is 0. The predicted molar refractivity (Wildman–Crippen MR) is 77.8 cm³/mol. The number of carbonyl (C=O) groups is 1. The summed E-state index contributed by atoms with van der Waals surface area (Å²) in [5.74, 6) is -0.195. The number of non-ortho nitro benzene ring substituents is 1. The Labute approximate surface area is 118 Å². The summed E-state index contributed by atoms with van der Waals surface area (Å²) in [5, 5.41) is 13.3. The number of rotatable bonds is 8. The summed E-state index contributed by atoms with van der Waals surface area (Å²) in [4.78, 5) is 24.1. The molecule has 1 N–H and O–H groups in total. The van der Waals surface area contributed by atoms with Gasteiger partial charge >= 0.3 is 0 Å². The molecule has 0 unspecified atom stereocenters. The highest BCUT2D eigenvalue weighted by molar-refractivity contribution is 5.94. The first-order valence-electron chi connectivity index (χ1n) is 6.83. The number of carbonyl (C=O) groups excluding carboxylic acids is 1. The Hall–Kier alpha value is -1.95. The van der Waals surface area contributed by atoms with E-state index in [1.54, 1.807) is 0 Å². The van der Waals surface area contributed by atoms with Gasteiger partial charge in [0, 0.05) is 24.2 Å². The summed E-state index contributed by atoms with van der Waals surface area (Å²) in [6.07, 6.45) is 0.889. The lowest BCUT2D eigenvalue weighted by Gasteiger charge is -2.17. The number of nitro benzene ring substituents is 1. The number of hydrogen-bond donors (Lipinski definition) is 1. The monoisotopic (exact) mass is 279 g/mol. The maximum Gasteiger partial charge on any atom is 0.269 e. The van der Waals surface area contributed by atoms with Crippen molar-refractivity contribution in [3.63, 3.8) is 0 Å². The molecule has 0 saturated carbocycles. The molecule has 20 heavy (non-hydrogen) atoms. The Kier molecular flexibility index (Phi) is 6.66. The van der Waals surface area contributed by atoms with E-state index in [9.17, 15) is 14.9 Å². The summed E-state index contributed by atoms with van der Waals surface area (Å²) in [6, 6.07) is 5.62. The van der Waals surface area contributed by atoms with Crippen LogP contribution in [0.1, 0.15) is 30.6 Å². The van der Waals surface area contributed by atoms with E-state index in [1.165, 1.54) is 24.3 Å². The minimum atomic E-state index is -0.480. The fourth-order valence-corrected chi connectivity index (χ4v) is 1.88. The van der Waals surface area contributed by atoms with E-state index < -0.39 is 4.92 Å². The third kappa shape index (κ3) is 4.97. The molecule has 1 aromatic carbocycles. The van der Waals surface area contributed by atoms with Gasteiger partial charge in [0.2, 0.25) is 0 Å². The van der Waals surface area contributed by atoms with Crippen molar-refractivity contribution in [3.8, 4) is 0 Å². The Morgan fingerprint density at radius 3 is 2.35 bits per heavy atom. The zero-order chi connectivity index (χ0) is 15.0. The number of amides is 1. The second-order valence-electron chi connectivity index (χ2n) is 4.44. The van der Waals surface area contributed by atoms with Gasteiger partial charge in [0.25, 0.3) is 11.6 Å². The highest BCUT2D eigenvalue weighted by Crippen LogP contribution is 2.11. The van der Waals surface area contributed by atoms with Crippen LogP contribution in [-0.2, 0) is 0 Å². The maximum atomic E-state index is 11.8. The lowest BCUT2D eigenvalue weighted by Crippen LogP contribution is -2.29. The molecule has 0 bridgehead atoms. The van der Waals surface area contributed by atoms with Crippen LogP contribution in [0.2, 0.25) is 0 Å².